The van der Waals surface area contributed by atoms with Crippen LogP contribution in [0.15, 0.2) is 23.0 Å². The number of hydrogen-bond donors (Lipinski definition) is 2. The molecule has 0 saturated heterocycles. The molecule has 0 radical (unpaired) electrons. The van der Waals surface area contributed by atoms with E-state index in [9.17, 15) is 0 Å². The van der Waals surface area contributed by atoms with Crippen molar-refractivity contribution in [1.82, 2.24) is 9.97 Å². The number of anilines is 2. The van der Waals surface area contributed by atoms with E-state index in [1.165, 1.54) is 0 Å². The van der Waals surface area contributed by atoms with E-state index in [0.717, 1.165) is 22.8 Å². The summed E-state index contributed by atoms with van der Waals surface area (Å²) in [5.74, 6) is 2.04. The zero-order valence-electron chi connectivity index (χ0n) is 11.8. The van der Waals surface area contributed by atoms with E-state index >= 15 is 0 Å². The van der Waals surface area contributed by atoms with Crippen LogP contribution >= 0.6 is 0 Å². The number of nitrogen functional groups attached to an aromatic ring is 1. The second kappa shape index (κ2) is 4.91. The lowest BCUT2D eigenvalue weighted by Gasteiger charge is -2.19. The molecule has 0 aromatic carbocycles. The summed E-state index contributed by atoms with van der Waals surface area (Å²) in [5.41, 5.74) is 7.76. The van der Waals surface area contributed by atoms with E-state index in [1.807, 2.05) is 13.0 Å². The van der Waals surface area contributed by atoms with Gasteiger partial charge in [-0.25, -0.2) is 9.97 Å². The molecule has 0 spiro atoms. The lowest BCUT2D eigenvalue weighted by molar-refractivity contribution is 0.546. The highest BCUT2D eigenvalue weighted by atomic mass is 16.3. The van der Waals surface area contributed by atoms with Gasteiger partial charge in [-0.05, 0) is 13.0 Å². The van der Waals surface area contributed by atoms with Crippen LogP contribution in [0.5, 0.6) is 0 Å². The normalized spacial score (nSPS) is 11.6. The fourth-order valence-electron chi connectivity index (χ4n) is 1.62. The third-order valence-corrected chi connectivity index (χ3v) is 2.89. The first-order valence-corrected chi connectivity index (χ1v) is 6.27. The zero-order chi connectivity index (χ0) is 14.0. The summed E-state index contributed by atoms with van der Waals surface area (Å²) >= 11 is 0. The summed E-state index contributed by atoms with van der Waals surface area (Å²) in [6, 6.07) is 1.91. The Labute approximate surface area is 113 Å². The standard InChI is InChI=1S/C14H20N4O/c1-9-11(15)17-13(14(2,3)4)18-12(9)16-7-10-5-6-19-8-10/h5-6,8H,7H2,1-4H3,(H3,15,16,17,18). The van der Waals surface area contributed by atoms with Crippen molar-refractivity contribution >= 4 is 11.6 Å². The summed E-state index contributed by atoms with van der Waals surface area (Å²) in [6.45, 7) is 8.77. The number of nitrogens with zero attached hydrogens (tertiary/aromatic N) is 2. The Morgan fingerprint density at radius 1 is 1.32 bits per heavy atom. The van der Waals surface area contributed by atoms with Crippen LogP contribution < -0.4 is 11.1 Å². The average Bonchev–Trinajstić information content (AvgIpc) is 2.82. The molecule has 0 bridgehead atoms. The van der Waals surface area contributed by atoms with E-state index in [-0.39, 0.29) is 5.41 Å². The fraction of sp³-hybridized carbons (Fsp3) is 0.429. The van der Waals surface area contributed by atoms with Crippen LogP contribution in [0, 0.1) is 6.92 Å². The van der Waals surface area contributed by atoms with Gasteiger partial charge in [0.1, 0.15) is 17.5 Å². The first-order chi connectivity index (χ1) is 8.88. The van der Waals surface area contributed by atoms with Crippen molar-refractivity contribution in [1.29, 1.82) is 0 Å². The van der Waals surface area contributed by atoms with Gasteiger partial charge in [0.15, 0.2) is 0 Å². The first kappa shape index (κ1) is 13.4. The third kappa shape index (κ3) is 3.05. The average molecular weight is 260 g/mol. The molecule has 5 heteroatoms. The Morgan fingerprint density at radius 3 is 2.63 bits per heavy atom. The predicted octanol–water partition coefficient (Wildman–Crippen LogP) is 2.87. The van der Waals surface area contributed by atoms with Gasteiger partial charge in [0.2, 0.25) is 0 Å². The Bertz CT molecular complexity index is 556. The highest BCUT2D eigenvalue weighted by Gasteiger charge is 2.20. The molecule has 2 aromatic heterocycles. The molecule has 5 nitrogen and oxygen atoms in total. The summed E-state index contributed by atoms with van der Waals surface area (Å²) in [4.78, 5) is 8.93. The van der Waals surface area contributed by atoms with Crippen LogP contribution in [-0.2, 0) is 12.0 Å². The molecule has 0 saturated carbocycles. The summed E-state index contributed by atoms with van der Waals surface area (Å²) in [6.07, 6.45) is 3.36. The molecule has 2 rings (SSSR count). The van der Waals surface area contributed by atoms with E-state index in [2.05, 4.69) is 36.1 Å². The van der Waals surface area contributed by atoms with Crippen LogP contribution in [0.25, 0.3) is 0 Å². The number of nitrogens with one attached hydrogen (secondary N) is 1. The van der Waals surface area contributed by atoms with Gasteiger partial charge in [0.05, 0.1) is 12.5 Å². The fourth-order valence-corrected chi connectivity index (χ4v) is 1.62. The number of aromatic nitrogens is 2. The Morgan fingerprint density at radius 2 is 2.05 bits per heavy atom. The molecular weight excluding hydrogens is 240 g/mol. The molecule has 0 unspecified atom stereocenters. The molecule has 0 fully saturated rings. The van der Waals surface area contributed by atoms with Gasteiger partial charge in [-0.2, -0.15) is 0 Å². The maximum absolute atomic E-state index is 5.96. The lowest BCUT2D eigenvalue weighted by atomic mass is 9.95. The number of nitrogens with two attached hydrogens (primary N) is 1. The van der Waals surface area contributed by atoms with Crippen molar-refractivity contribution in [3.63, 3.8) is 0 Å². The molecule has 2 heterocycles. The third-order valence-electron chi connectivity index (χ3n) is 2.89. The van der Waals surface area contributed by atoms with Gasteiger partial charge in [-0.1, -0.05) is 20.8 Å². The Hall–Kier alpha value is -2.04. The predicted molar refractivity (Wildman–Crippen MR) is 75.9 cm³/mol. The molecule has 19 heavy (non-hydrogen) atoms. The summed E-state index contributed by atoms with van der Waals surface area (Å²) < 4.78 is 5.04. The van der Waals surface area contributed by atoms with Crippen molar-refractivity contribution in [3.8, 4) is 0 Å². The van der Waals surface area contributed by atoms with Gasteiger partial charge < -0.3 is 15.5 Å². The molecule has 102 valence electrons. The second-order valence-corrected chi connectivity index (χ2v) is 5.64. The highest BCUT2D eigenvalue weighted by Crippen LogP contribution is 2.24. The van der Waals surface area contributed by atoms with Gasteiger partial charge in [-0.15, -0.1) is 0 Å². The minimum Gasteiger partial charge on any atom is -0.472 e. The molecule has 0 aliphatic carbocycles. The monoisotopic (exact) mass is 260 g/mol. The van der Waals surface area contributed by atoms with E-state index in [4.69, 9.17) is 10.2 Å². The molecule has 0 amide bonds. The number of furan rings is 1. The molecular formula is C14H20N4O. The molecule has 3 N–H and O–H groups in total. The largest absolute Gasteiger partial charge is 0.472 e. The molecule has 0 atom stereocenters. The van der Waals surface area contributed by atoms with Crippen molar-refractivity contribution < 1.29 is 4.42 Å². The quantitative estimate of drug-likeness (QED) is 0.887. The van der Waals surface area contributed by atoms with E-state index < -0.39 is 0 Å². The van der Waals surface area contributed by atoms with E-state index in [0.29, 0.717) is 12.4 Å². The van der Waals surface area contributed by atoms with Gasteiger partial charge in [-0.3, -0.25) is 0 Å². The summed E-state index contributed by atoms with van der Waals surface area (Å²) in [7, 11) is 0. The summed E-state index contributed by atoms with van der Waals surface area (Å²) in [5, 5.41) is 3.28. The second-order valence-electron chi connectivity index (χ2n) is 5.64. The number of rotatable bonds is 3. The highest BCUT2D eigenvalue weighted by molar-refractivity contribution is 5.55. The van der Waals surface area contributed by atoms with Crippen LogP contribution in [0.4, 0.5) is 11.6 Å². The maximum atomic E-state index is 5.96. The molecule has 2 aromatic rings. The smallest absolute Gasteiger partial charge is 0.138 e. The number of hydrogen-bond acceptors (Lipinski definition) is 5. The van der Waals surface area contributed by atoms with Crippen LogP contribution in [0.3, 0.4) is 0 Å². The van der Waals surface area contributed by atoms with Crippen molar-refractivity contribution in [2.24, 2.45) is 0 Å². The van der Waals surface area contributed by atoms with Crippen molar-refractivity contribution in [3.05, 3.63) is 35.5 Å². The zero-order valence-corrected chi connectivity index (χ0v) is 11.8. The Kier molecular flexibility index (Phi) is 3.46. The Balaban J connectivity index is 2.26. The van der Waals surface area contributed by atoms with Crippen LogP contribution in [-0.4, -0.2) is 9.97 Å². The van der Waals surface area contributed by atoms with Crippen LogP contribution in [0.2, 0.25) is 0 Å². The van der Waals surface area contributed by atoms with Gasteiger partial charge >= 0.3 is 0 Å². The van der Waals surface area contributed by atoms with Crippen molar-refractivity contribution in [2.75, 3.05) is 11.1 Å². The minimum atomic E-state index is -0.131. The minimum absolute atomic E-state index is 0.131. The first-order valence-electron chi connectivity index (χ1n) is 6.27. The molecule has 0 aliphatic rings. The van der Waals surface area contributed by atoms with Crippen LogP contribution in [0.1, 0.15) is 37.7 Å². The van der Waals surface area contributed by atoms with Crippen molar-refractivity contribution in [2.45, 2.75) is 39.7 Å². The maximum Gasteiger partial charge on any atom is 0.138 e. The topological polar surface area (TPSA) is 77.0 Å². The van der Waals surface area contributed by atoms with Gasteiger partial charge in [0.25, 0.3) is 0 Å². The SMILES string of the molecule is Cc1c(N)nc(C(C)(C)C)nc1NCc1ccoc1. The van der Waals surface area contributed by atoms with Gasteiger partial charge in [0, 0.05) is 23.1 Å². The van der Waals surface area contributed by atoms with E-state index in [1.54, 1.807) is 12.5 Å². The lowest BCUT2D eigenvalue weighted by Crippen LogP contribution is -2.19. The molecule has 0 aliphatic heterocycles.